The molecule has 0 aromatic heterocycles. The van der Waals surface area contributed by atoms with Gasteiger partial charge in [-0.15, -0.1) is 0 Å². The average molecular weight is 273 g/mol. The molecule has 2 nitrogen and oxygen atoms in total. The van der Waals surface area contributed by atoms with E-state index in [9.17, 15) is 9.50 Å². The van der Waals surface area contributed by atoms with Crippen LogP contribution in [0.4, 0.5) is 4.39 Å². The van der Waals surface area contributed by atoms with Gasteiger partial charge in [0.2, 0.25) is 0 Å². The van der Waals surface area contributed by atoms with E-state index in [2.05, 4.69) is 0 Å². The Hall–Kier alpha value is -0.640. The summed E-state index contributed by atoms with van der Waals surface area (Å²) in [6.45, 7) is 3.89. The minimum Gasteiger partial charge on any atom is -0.389 e. The van der Waals surface area contributed by atoms with Gasteiger partial charge in [0.15, 0.2) is 0 Å². The van der Waals surface area contributed by atoms with Crippen LogP contribution < -0.4 is 0 Å². The lowest BCUT2D eigenvalue weighted by molar-refractivity contribution is -0.130. The molecule has 1 saturated heterocycles. The van der Waals surface area contributed by atoms with Gasteiger partial charge in [-0.25, -0.2) is 4.39 Å². The van der Waals surface area contributed by atoms with Crippen LogP contribution in [0.15, 0.2) is 18.2 Å². The number of hydrogen-bond donors (Lipinski definition) is 1. The van der Waals surface area contributed by atoms with Gasteiger partial charge in [0.1, 0.15) is 5.82 Å². The summed E-state index contributed by atoms with van der Waals surface area (Å²) in [6, 6.07) is 4.68. The Labute approximate surface area is 112 Å². The highest BCUT2D eigenvalue weighted by atomic mass is 35.5. The van der Waals surface area contributed by atoms with E-state index in [1.807, 2.05) is 13.8 Å². The Morgan fingerprint density at radius 1 is 1.39 bits per heavy atom. The van der Waals surface area contributed by atoms with Crippen molar-refractivity contribution in [2.24, 2.45) is 0 Å². The molecule has 0 bridgehead atoms. The lowest BCUT2D eigenvalue weighted by Crippen LogP contribution is -2.44. The fraction of sp³-hybridized carbons (Fsp3) is 0.571. The van der Waals surface area contributed by atoms with Gasteiger partial charge in [0, 0.05) is 19.3 Å². The molecule has 0 aliphatic carbocycles. The Balaban J connectivity index is 2.13. The first-order chi connectivity index (χ1) is 8.38. The summed E-state index contributed by atoms with van der Waals surface area (Å²) in [5, 5.41) is 10.7. The number of hydrogen-bond acceptors (Lipinski definition) is 2. The van der Waals surface area contributed by atoms with Crippen LogP contribution in [0.5, 0.6) is 0 Å². The fourth-order valence-electron chi connectivity index (χ4n) is 2.82. The number of aliphatic hydroxyl groups is 1. The maximum Gasteiger partial charge on any atom is 0.142 e. The summed E-state index contributed by atoms with van der Waals surface area (Å²) in [6.07, 6.45) is 1.62. The lowest BCUT2D eigenvalue weighted by atomic mass is 9.82. The fourth-order valence-corrected chi connectivity index (χ4v) is 2.94. The molecular weight excluding hydrogens is 255 g/mol. The second-order valence-corrected chi connectivity index (χ2v) is 5.72. The topological polar surface area (TPSA) is 29.5 Å². The average Bonchev–Trinajstić information content (AvgIpc) is 2.21. The van der Waals surface area contributed by atoms with Crippen molar-refractivity contribution < 1.29 is 14.2 Å². The first kappa shape index (κ1) is 13.8. The van der Waals surface area contributed by atoms with E-state index in [4.69, 9.17) is 16.3 Å². The first-order valence-corrected chi connectivity index (χ1v) is 6.57. The van der Waals surface area contributed by atoms with Crippen molar-refractivity contribution in [1.29, 1.82) is 0 Å². The third-order valence-electron chi connectivity index (χ3n) is 3.32. The highest BCUT2D eigenvalue weighted by Gasteiger charge is 2.36. The van der Waals surface area contributed by atoms with E-state index >= 15 is 0 Å². The molecule has 1 aromatic rings. The highest BCUT2D eigenvalue weighted by Crippen LogP contribution is 2.32. The molecule has 0 radical (unpaired) electrons. The second-order valence-electron chi connectivity index (χ2n) is 5.32. The predicted molar refractivity (Wildman–Crippen MR) is 69.3 cm³/mol. The maximum absolute atomic E-state index is 13.4. The minimum absolute atomic E-state index is 0.0240. The molecule has 2 rings (SSSR count). The molecule has 1 aromatic carbocycles. The zero-order chi connectivity index (χ0) is 13.3. The molecule has 1 heterocycles. The van der Waals surface area contributed by atoms with Crippen molar-refractivity contribution in [3.63, 3.8) is 0 Å². The highest BCUT2D eigenvalue weighted by molar-refractivity contribution is 6.30. The van der Waals surface area contributed by atoms with Gasteiger partial charge in [-0.3, -0.25) is 0 Å². The number of ether oxygens (including phenoxy) is 1. The van der Waals surface area contributed by atoms with E-state index in [0.717, 1.165) is 5.56 Å². The van der Waals surface area contributed by atoms with Gasteiger partial charge in [-0.2, -0.15) is 0 Å². The molecule has 100 valence electrons. The summed E-state index contributed by atoms with van der Waals surface area (Å²) in [5.41, 5.74) is -0.0575. The largest absolute Gasteiger partial charge is 0.389 e. The third-order valence-corrected chi connectivity index (χ3v) is 3.62. The van der Waals surface area contributed by atoms with E-state index in [1.54, 1.807) is 6.07 Å². The standard InChI is InChI=1S/C14H18ClFO2/c1-9-6-14(17,7-10(2)18-9)8-11-3-4-12(15)13(16)5-11/h3-5,9-10,17H,6-8H2,1-2H3. The molecule has 2 atom stereocenters. The van der Waals surface area contributed by atoms with Gasteiger partial charge in [-0.05, 0) is 31.5 Å². The first-order valence-electron chi connectivity index (χ1n) is 6.20. The summed E-state index contributed by atoms with van der Waals surface area (Å²) in [4.78, 5) is 0. The summed E-state index contributed by atoms with van der Waals surface area (Å²) in [7, 11) is 0. The molecule has 0 saturated carbocycles. The SMILES string of the molecule is CC1CC(O)(Cc2ccc(Cl)c(F)c2)CC(C)O1. The second kappa shape index (κ2) is 5.16. The smallest absolute Gasteiger partial charge is 0.142 e. The van der Waals surface area contributed by atoms with E-state index < -0.39 is 11.4 Å². The summed E-state index contributed by atoms with van der Waals surface area (Å²) >= 11 is 5.65. The number of benzene rings is 1. The van der Waals surface area contributed by atoms with Crippen LogP contribution in [0.25, 0.3) is 0 Å². The number of halogens is 2. The monoisotopic (exact) mass is 272 g/mol. The Morgan fingerprint density at radius 3 is 2.56 bits per heavy atom. The van der Waals surface area contributed by atoms with Crippen LogP contribution in [-0.2, 0) is 11.2 Å². The zero-order valence-corrected chi connectivity index (χ0v) is 11.4. The van der Waals surface area contributed by atoms with Gasteiger partial charge in [0.25, 0.3) is 0 Å². The Bertz CT molecular complexity index is 426. The molecule has 2 unspecified atom stereocenters. The predicted octanol–water partition coefficient (Wildman–Crippen LogP) is 3.34. The van der Waals surface area contributed by atoms with Crippen molar-refractivity contribution in [1.82, 2.24) is 0 Å². The molecule has 4 heteroatoms. The molecule has 1 aliphatic rings. The minimum atomic E-state index is -0.822. The molecule has 0 spiro atoms. The normalized spacial score (nSPS) is 32.5. The third kappa shape index (κ3) is 3.22. The summed E-state index contributed by atoms with van der Waals surface area (Å²) < 4.78 is 19.0. The lowest BCUT2D eigenvalue weighted by Gasteiger charge is -2.39. The van der Waals surface area contributed by atoms with E-state index in [-0.39, 0.29) is 17.2 Å². The molecule has 1 fully saturated rings. The van der Waals surface area contributed by atoms with Crippen LogP contribution in [0.1, 0.15) is 32.3 Å². The molecule has 1 N–H and O–H groups in total. The van der Waals surface area contributed by atoms with Crippen molar-refractivity contribution in [2.75, 3.05) is 0 Å². The number of rotatable bonds is 2. The molecule has 1 aliphatic heterocycles. The molecule has 18 heavy (non-hydrogen) atoms. The van der Waals surface area contributed by atoms with Crippen molar-refractivity contribution in [2.45, 2.75) is 50.9 Å². The Morgan fingerprint density at radius 2 is 2.00 bits per heavy atom. The van der Waals surface area contributed by atoms with Crippen LogP contribution in [0.2, 0.25) is 5.02 Å². The zero-order valence-electron chi connectivity index (χ0n) is 10.6. The van der Waals surface area contributed by atoms with Crippen LogP contribution in [0.3, 0.4) is 0 Å². The van der Waals surface area contributed by atoms with Crippen molar-refractivity contribution in [3.8, 4) is 0 Å². The maximum atomic E-state index is 13.4. The van der Waals surface area contributed by atoms with Crippen LogP contribution in [0, 0.1) is 5.82 Å². The van der Waals surface area contributed by atoms with Crippen LogP contribution in [-0.4, -0.2) is 22.9 Å². The van der Waals surface area contributed by atoms with Gasteiger partial charge >= 0.3 is 0 Å². The van der Waals surface area contributed by atoms with Crippen LogP contribution >= 0.6 is 11.6 Å². The Kier molecular flexibility index (Phi) is 3.95. The van der Waals surface area contributed by atoms with E-state index in [1.165, 1.54) is 12.1 Å². The van der Waals surface area contributed by atoms with Crippen molar-refractivity contribution >= 4 is 11.6 Å². The van der Waals surface area contributed by atoms with Crippen molar-refractivity contribution in [3.05, 3.63) is 34.6 Å². The quantitative estimate of drug-likeness (QED) is 0.895. The molecular formula is C14H18ClFO2. The summed E-state index contributed by atoms with van der Waals surface area (Å²) in [5.74, 6) is -0.439. The molecule has 0 amide bonds. The van der Waals surface area contributed by atoms with Gasteiger partial charge < -0.3 is 9.84 Å². The van der Waals surface area contributed by atoms with Gasteiger partial charge in [-0.1, -0.05) is 17.7 Å². The van der Waals surface area contributed by atoms with Gasteiger partial charge in [0.05, 0.1) is 22.8 Å². The van der Waals surface area contributed by atoms with E-state index in [0.29, 0.717) is 19.3 Å².